The highest BCUT2D eigenvalue weighted by molar-refractivity contribution is 7.16. The van der Waals surface area contributed by atoms with Crippen LogP contribution in [0, 0.1) is 5.92 Å². The molecule has 10 heteroatoms. The van der Waals surface area contributed by atoms with E-state index in [0.29, 0.717) is 16.6 Å². The highest BCUT2D eigenvalue weighted by Crippen LogP contribution is 2.16. The van der Waals surface area contributed by atoms with Gasteiger partial charge in [-0.15, -0.1) is 0 Å². The average Bonchev–Trinajstić information content (AvgIpc) is 3.07. The monoisotopic (exact) mass is 434 g/mol. The van der Waals surface area contributed by atoms with Crippen molar-refractivity contribution >= 4 is 39.8 Å². The summed E-state index contributed by atoms with van der Waals surface area (Å²) >= 11 is 7.28. The quantitative estimate of drug-likeness (QED) is 0.573. The van der Waals surface area contributed by atoms with E-state index in [4.69, 9.17) is 16.3 Å². The van der Waals surface area contributed by atoms with Gasteiger partial charge in [-0.1, -0.05) is 48.9 Å². The van der Waals surface area contributed by atoms with Crippen LogP contribution in [0.25, 0.3) is 4.96 Å². The number of hydrogen-bond acceptors (Lipinski definition) is 7. The van der Waals surface area contributed by atoms with Crippen LogP contribution in [-0.4, -0.2) is 33.0 Å². The Morgan fingerprint density at radius 2 is 2.07 bits per heavy atom. The molecule has 2 aromatic heterocycles. The van der Waals surface area contributed by atoms with E-state index in [1.54, 1.807) is 24.3 Å². The molecule has 152 valence electrons. The molecule has 1 N–H and O–H groups in total. The first-order chi connectivity index (χ1) is 13.8. The number of halogens is 1. The molecule has 0 saturated heterocycles. The lowest BCUT2D eigenvalue weighted by Crippen LogP contribution is -2.30. The summed E-state index contributed by atoms with van der Waals surface area (Å²) in [4.78, 5) is 41.0. The van der Waals surface area contributed by atoms with E-state index in [2.05, 4.69) is 29.2 Å². The molecule has 0 aliphatic rings. The third-order valence-electron chi connectivity index (χ3n) is 3.82. The molecule has 0 unspecified atom stereocenters. The van der Waals surface area contributed by atoms with Crippen LogP contribution in [-0.2, 0) is 22.6 Å². The van der Waals surface area contributed by atoms with Crippen molar-refractivity contribution in [2.24, 2.45) is 5.92 Å². The third kappa shape index (κ3) is 5.39. The van der Waals surface area contributed by atoms with Gasteiger partial charge in [0.25, 0.3) is 11.5 Å². The maximum atomic E-state index is 12.2. The number of aromatic nitrogens is 3. The van der Waals surface area contributed by atoms with Crippen LogP contribution in [0.1, 0.15) is 34.9 Å². The Labute approximate surface area is 175 Å². The summed E-state index contributed by atoms with van der Waals surface area (Å²) in [6.45, 7) is 3.63. The second kappa shape index (κ2) is 9.15. The second-order valence-electron chi connectivity index (χ2n) is 6.70. The van der Waals surface area contributed by atoms with Crippen molar-refractivity contribution in [3.8, 4) is 0 Å². The summed E-state index contributed by atoms with van der Waals surface area (Å²) in [5.74, 6) is -0.724. The Hall–Kier alpha value is -2.78. The first kappa shape index (κ1) is 20.9. The highest BCUT2D eigenvalue weighted by Gasteiger charge is 2.14. The molecule has 0 spiro atoms. The molecule has 29 heavy (non-hydrogen) atoms. The first-order valence-corrected chi connectivity index (χ1v) is 10.1. The molecule has 0 aliphatic carbocycles. The molecule has 8 nitrogen and oxygen atoms in total. The van der Waals surface area contributed by atoms with E-state index in [9.17, 15) is 14.4 Å². The molecule has 2 heterocycles. The van der Waals surface area contributed by atoms with Crippen molar-refractivity contribution in [1.29, 1.82) is 0 Å². The van der Waals surface area contributed by atoms with Crippen molar-refractivity contribution in [2.75, 3.05) is 6.54 Å². The first-order valence-electron chi connectivity index (χ1n) is 8.90. The van der Waals surface area contributed by atoms with Crippen molar-refractivity contribution in [1.82, 2.24) is 19.9 Å². The zero-order chi connectivity index (χ0) is 21.0. The van der Waals surface area contributed by atoms with E-state index in [-0.39, 0.29) is 29.3 Å². The van der Waals surface area contributed by atoms with Crippen LogP contribution in [0.5, 0.6) is 0 Å². The number of ether oxygens (including phenoxy) is 1. The van der Waals surface area contributed by atoms with Gasteiger partial charge < -0.3 is 10.1 Å². The number of carbonyl (C=O) groups is 2. The number of hydrogen-bond donors (Lipinski definition) is 1. The molecule has 0 aliphatic heterocycles. The molecule has 3 rings (SSSR count). The standard InChI is InChI=1S/C19H19ClN4O4S/c1-11(2)7-15-23-24-16(25)8-12(22-19(24)29-15)10-28-17(26)9-21-18(27)13-5-3-4-6-14(13)20/h3-6,8,11H,7,9-10H2,1-2H3,(H,21,27). The Morgan fingerprint density at radius 1 is 1.31 bits per heavy atom. The van der Waals surface area contributed by atoms with Crippen molar-refractivity contribution in [3.63, 3.8) is 0 Å². The van der Waals surface area contributed by atoms with Crippen LogP contribution in [0.3, 0.4) is 0 Å². The molecule has 1 amide bonds. The number of fused-ring (bicyclic) bond motifs is 1. The van der Waals surface area contributed by atoms with Crippen LogP contribution in [0.15, 0.2) is 35.1 Å². The van der Waals surface area contributed by atoms with Crippen molar-refractivity contribution in [2.45, 2.75) is 26.9 Å². The molecule has 0 bridgehead atoms. The van der Waals surface area contributed by atoms with Gasteiger partial charge in [0.15, 0.2) is 0 Å². The molecule has 3 aromatic rings. The highest BCUT2D eigenvalue weighted by atomic mass is 35.5. The minimum atomic E-state index is -0.655. The van der Waals surface area contributed by atoms with Gasteiger partial charge in [-0.05, 0) is 18.1 Å². The van der Waals surface area contributed by atoms with Crippen LogP contribution in [0.2, 0.25) is 5.02 Å². The third-order valence-corrected chi connectivity index (χ3v) is 5.08. The Morgan fingerprint density at radius 3 is 2.79 bits per heavy atom. The molecule has 0 saturated carbocycles. The number of nitrogens with zero attached hydrogens (tertiary/aromatic N) is 3. The number of esters is 1. The minimum Gasteiger partial charge on any atom is -0.458 e. The Kier molecular flexibility index (Phi) is 6.60. The Bertz CT molecular complexity index is 1110. The maximum Gasteiger partial charge on any atom is 0.325 e. The van der Waals surface area contributed by atoms with Gasteiger partial charge in [0.2, 0.25) is 4.96 Å². The fraction of sp³-hybridized carbons (Fsp3) is 0.316. The zero-order valence-electron chi connectivity index (χ0n) is 15.8. The molecule has 0 atom stereocenters. The molecular weight excluding hydrogens is 416 g/mol. The number of amides is 1. The van der Waals surface area contributed by atoms with Gasteiger partial charge in [-0.25, -0.2) is 4.98 Å². The van der Waals surface area contributed by atoms with Crippen LogP contribution < -0.4 is 10.9 Å². The lowest BCUT2D eigenvalue weighted by Gasteiger charge is -2.07. The molecule has 1 aromatic carbocycles. The van der Waals surface area contributed by atoms with E-state index in [1.165, 1.54) is 21.9 Å². The topological polar surface area (TPSA) is 103 Å². The lowest BCUT2D eigenvalue weighted by atomic mass is 10.1. The summed E-state index contributed by atoms with van der Waals surface area (Å²) in [5, 5.41) is 7.82. The van der Waals surface area contributed by atoms with Gasteiger partial charge in [0.1, 0.15) is 18.2 Å². The predicted octanol–water partition coefficient (Wildman–Crippen LogP) is 2.48. The zero-order valence-corrected chi connectivity index (χ0v) is 17.4. The number of carbonyl (C=O) groups excluding carboxylic acids is 2. The molecular formula is C19H19ClN4O4S. The number of benzene rings is 1. The summed E-state index contributed by atoms with van der Waals surface area (Å²) < 4.78 is 6.35. The Balaban J connectivity index is 1.58. The van der Waals surface area contributed by atoms with Gasteiger partial charge >= 0.3 is 5.97 Å². The summed E-state index contributed by atoms with van der Waals surface area (Å²) in [5.41, 5.74) is 0.254. The predicted molar refractivity (Wildman–Crippen MR) is 109 cm³/mol. The fourth-order valence-corrected chi connectivity index (χ4v) is 3.85. The van der Waals surface area contributed by atoms with Crippen LogP contribution in [0.4, 0.5) is 0 Å². The van der Waals surface area contributed by atoms with E-state index in [0.717, 1.165) is 11.4 Å². The second-order valence-corrected chi connectivity index (χ2v) is 8.14. The van der Waals surface area contributed by atoms with Gasteiger partial charge in [0, 0.05) is 12.5 Å². The maximum absolute atomic E-state index is 12.2. The smallest absolute Gasteiger partial charge is 0.325 e. The van der Waals surface area contributed by atoms with Gasteiger partial charge in [-0.3, -0.25) is 14.4 Å². The van der Waals surface area contributed by atoms with E-state index >= 15 is 0 Å². The van der Waals surface area contributed by atoms with Gasteiger partial charge in [0.05, 0.1) is 16.3 Å². The number of nitrogens with one attached hydrogen (secondary N) is 1. The van der Waals surface area contributed by atoms with Gasteiger partial charge in [-0.2, -0.15) is 9.61 Å². The summed E-state index contributed by atoms with van der Waals surface area (Å²) in [6.07, 6.45) is 0.753. The van der Waals surface area contributed by atoms with Crippen molar-refractivity contribution < 1.29 is 14.3 Å². The lowest BCUT2D eigenvalue weighted by molar-refractivity contribution is -0.143. The number of rotatable bonds is 7. The van der Waals surface area contributed by atoms with E-state index in [1.807, 2.05) is 0 Å². The SMILES string of the molecule is CC(C)Cc1nn2c(=O)cc(COC(=O)CNC(=O)c3ccccc3Cl)nc2s1. The normalized spacial score (nSPS) is 11.0. The van der Waals surface area contributed by atoms with E-state index < -0.39 is 11.9 Å². The van der Waals surface area contributed by atoms with Crippen LogP contribution >= 0.6 is 22.9 Å². The largest absolute Gasteiger partial charge is 0.458 e. The summed E-state index contributed by atoms with van der Waals surface area (Å²) in [7, 11) is 0. The molecule has 0 radical (unpaired) electrons. The minimum absolute atomic E-state index is 0.177. The average molecular weight is 435 g/mol. The molecule has 0 fully saturated rings. The van der Waals surface area contributed by atoms with Crippen molar-refractivity contribution in [3.05, 3.63) is 62.0 Å². The fourth-order valence-electron chi connectivity index (χ4n) is 2.50. The summed E-state index contributed by atoms with van der Waals surface area (Å²) in [6, 6.07) is 7.79.